The molecule has 1 fully saturated rings. The number of fused-ring (bicyclic) bond motifs is 1. The Morgan fingerprint density at radius 3 is 2.89 bits per heavy atom. The SMILES string of the molecule is CCCNC1CCCc2nc(C3CC3(C)C)ncc21. The third kappa shape index (κ3) is 2.53. The molecule has 2 aliphatic carbocycles. The van der Waals surface area contributed by atoms with E-state index in [2.05, 4.69) is 37.3 Å². The molecule has 1 aromatic heterocycles. The fraction of sp³-hybridized carbons (Fsp3) is 0.750. The summed E-state index contributed by atoms with van der Waals surface area (Å²) in [5, 5.41) is 3.63. The minimum absolute atomic E-state index is 0.419. The number of aromatic nitrogens is 2. The molecule has 1 aromatic rings. The monoisotopic (exact) mass is 259 g/mol. The first-order chi connectivity index (χ1) is 9.12. The molecule has 2 aliphatic rings. The van der Waals surface area contributed by atoms with Crippen molar-refractivity contribution in [3.05, 3.63) is 23.3 Å². The zero-order chi connectivity index (χ0) is 13.5. The van der Waals surface area contributed by atoms with E-state index in [1.807, 2.05) is 0 Å². The van der Waals surface area contributed by atoms with Crippen LogP contribution in [0.1, 0.15) is 75.5 Å². The van der Waals surface area contributed by atoms with Crippen molar-refractivity contribution in [2.45, 2.75) is 64.8 Å². The van der Waals surface area contributed by atoms with Gasteiger partial charge in [-0.25, -0.2) is 9.97 Å². The molecule has 0 radical (unpaired) electrons. The molecular weight excluding hydrogens is 234 g/mol. The van der Waals surface area contributed by atoms with Crippen LogP contribution in [0.4, 0.5) is 0 Å². The van der Waals surface area contributed by atoms with Crippen LogP contribution in [0.5, 0.6) is 0 Å². The van der Waals surface area contributed by atoms with Gasteiger partial charge in [0, 0.05) is 29.4 Å². The lowest BCUT2D eigenvalue weighted by Crippen LogP contribution is -2.27. The van der Waals surface area contributed by atoms with Gasteiger partial charge < -0.3 is 5.32 Å². The third-order valence-corrected chi connectivity index (χ3v) is 4.67. The van der Waals surface area contributed by atoms with Crippen LogP contribution in [0.15, 0.2) is 6.20 Å². The molecule has 0 saturated heterocycles. The maximum absolute atomic E-state index is 4.88. The summed E-state index contributed by atoms with van der Waals surface area (Å²) in [7, 11) is 0. The van der Waals surface area contributed by atoms with Crippen molar-refractivity contribution in [2.24, 2.45) is 5.41 Å². The fourth-order valence-corrected chi connectivity index (χ4v) is 3.17. The van der Waals surface area contributed by atoms with Crippen molar-refractivity contribution in [2.75, 3.05) is 6.54 Å². The van der Waals surface area contributed by atoms with E-state index in [9.17, 15) is 0 Å². The largest absolute Gasteiger partial charge is 0.310 e. The van der Waals surface area contributed by atoms with Gasteiger partial charge in [0.15, 0.2) is 0 Å². The number of hydrogen-bond acceptors (Lipinski definition) is 3. The van der Waals surface area contributed by atoms with Crippen molar-refractivity contribution in [3.8, 4) is 0 Å². The maximum atomic E-state index is 4.88. The predicted molar refractivity (Wildman–Crippen MR) is 77.1 cm³/mol. The van der Waals surface area contributed by atoms with Crippen LogP contribution in [0.3, 0.4) is 0 Å². The maximum Gasteiger partial charge on any atom is 0.132 e. The average molecular weight is 259 g/mol. The summed E-state index contributed by atoms with van der Waals surface area (Å²) < 4.78 is 0. The first kappa shape index (κ1) is 13.0. The van der Waals surface area contributed by atoms with Gasteiger partial charge in [-0.3, -0.25) is 0 Å². The van der Waals surface area contributed by atoms with Gasteiger partial charge in [-0.05, 0) is 44.1 Å². The van der Waals surface area contributed by atoms with Crippen LogP contribution in [0, 0.1) is 5.41 Å². The van der Waals surface area contributed by atoms with E-state index >= 15 is 0 Å². The summed E-state index contributed by atoms with van der Waals surface area (Å²) in [5.41, 5.74) is 3.07. The second kappa shape index (κ2) is 4.86. The Kier molecular flexibility index (Phi) is 3.34. The average Bonchev–Trinajstić information content (AvgIpc) is 3.04. The number of nitrogens with one attached hydrogen (secondary N) is 1. The van der Waals surface area contributed by atoms with Gasteiger partial charge in [-0.15, -0.1) is 0 Å². The highest BCUT2D eigenvalue weighted by molar-refractivity contribution is 5.27. The summed E-state index contributed by atoms with van der Waals surface area (Å²) in [4.78, 5) is 9.53. The summed E-state index contributed by atoms with van der Waals surface area (Å²) in [6, 6.07) is 0.477. The Morgan fingerprint density at radius 2 is 2.21 bits per heavy atom. The molecular formula is C16H25N3. The minimum atomic E-state index is 0.419. The highest BCUT2D eigenvalue weighted by atomic mass is 15.0. The van der Waals surface area contributed by atoms with E-state index in [1.165, 1.54) is 36.9 Å². The van der Waals surface area contributed by atoms with E-state index in [0.29, 0.717) is 17.4 Å². The highest BCUT2D eigenvalue weighted by Crippen LogP contribution is 2.57. The molecule has 2 unspecified atom stereocenters. The van der Waals surface area contributed by atoms with Gasteiger partial charge >= 0.3 is 0 Å². The van der Waals surface area contributed by atoms with Gasteiger partial charge in [-0.1, -0.05) is 20.8 Å². The van der Waals surface area contributed by atoms with E-state index in [-0.39, 0.29) is 0 Å². The molecule has 0 aromatic carbocycles. The van der Waals surface area contributed by atoms with Crippen molar-refractivity contribution in [1.82, 2.24) is 15.3 Å². The Morgan fingerprint density at radius 1 is 1.42 bits per heavy atom. The number of nitrogens with zero attached hydrogens (tertiary/aromatic N) is 2. The zero-order valence-electron chi connectivity index (χ0n) is 12.4. The molecule has 3 rings (SSSR count). The summed E-state index contributed by atoms with van der Waals surface area (Å²) in [6.07, 6.45) is 8.12. The molecule has 104 valence electrons. The molecule has 3 heteroatoms. The van der Waals surface area contributed by atoms with Crippen molar-refractivity contribution in [3.63, 3.8) is 0 Å². The van der Waals surface area contributed by atoms with Crippen LogP contribution in [-0.2, 0) is 6.42 Å². The van der Waals surface area contributed by atoms with Crippen LogP contribution in [-0.4, -0.2) is 16.5 Å². The minimum Gasteiger partial charge on any atom is -0.310 e. The summed E-state index contributed by atoms with van der Waals surface area (Å²) in [5.74, 6) is 1.67. The zero-order valence-corrected chi connectivity index (χ0v) is 12.4. The predicted octanol–water partition coefficient (Wildman–Crippen LogP) is 3.37. The third-order valence-electron chi connectivity index (χ3n) is 4.67. The highest BCUT2D eigenvalue weighted by Gasteiger charge is 2.48. The van der Waals surface area contributed by atoms with Gasteiger partial charge in [0.25, 0.3) is 0 Å². The molecule has 0 aliphatic heterocycles. The van der Waals surface area contributed by atoms with E-state index in [4.69, 9.17) is 4.98 Å². The van der Waals surface area contributed by atoms with Gasteiger partial charge in [0.2, 0.25) is 0 Å². The second-order valence-electron chi connectivity index (χ2n) is 6.77. The Hall–Kier alpha value is -0.960. The molecule has 1 saturated carbocycles. The first-order valence-electron chi connectivity index (χ1n) is 7.71. The molecule has 1 heterocycles. The van der Waals surface area contributed by atoms with E-state index in [1.54, 1.807) is 0 Å². The topological polar surface area (TPSA) is 37.8 Å². The van der Waals surface area contributed by atoms with Gasteiger partial charge in [0.1, 0.15) is 5.82 Å². The smallest absolute Gasteiger partial charge is 0.132 e. The normalized spacial score (nSPS) is 27.9. The molecule has 1 N–H and O–H groups in total. The summed E-state index contributed by atoms with van der Waals surface area (Å²) >= 11 is 0. The molecule has 2 atom stereocenters. The van der Waals surface area contributed by atoms with Crippen molar-refractivity contribution < 1.29 is 0 Å². The Balaban J connectivity index is 1.81. The van der Waals surface area contributed by atoms with Crippen molar-refractivity contribution in [1.29, 1.82) is 0 Å². The van der Waals surface area contributed by atoms with Crippen LogP contribution in [0.2, 0.25) is 0 Å². The van der Waals surface area contributed by atoms with E-state index < -0.39 is 0 Å². The number of aryl methyl sites for hydroxylation is 1. The van der Waals surface area contributed by atoms with Crippen LogP contribution < -0.4 is 5.32 Å². The second-order valence-corrected chi connectivity index (χ2v) is 6.77. The molecule has 19 heavy (non-hydrogen) atoms. The van der Waals surface area contributed by atoms with Gasteiger partial charge in [-0.2, -0.15) is 0 Å². The van der Waals surface area contributed by atoms with Crippen LogP contribution >= 0.6 is 0 Å². The Labute approximate surface area is 116 Å². The number of hydrogen-bond donors (Lipinski definition) is 1. The number of rotatable bonds is 4. The lowest BCUT2D eigenvalue weighted by Gasteiger charge is -2.25. The first-order valence-corrected chi connectivity index (χ1v) is 7.71. The molecule has 0 spiro atoms. The van der Waals surface area contributed by atoms with Crippen molar-refractivity contribution >= 4 is 0 Å². The molecule has 3 nitrogen and oxygen atoms in total. The fourth-order valence-electron chi connectivity index (χ4n) is 3.17. The standard InChI is InChI=1S/C16H25N3/c1-4-8-17-13-6-5-7-14-11(13)10-18-15(19-14)12-9-16(12,2)3/h10,12-13,17H,4-9H2,1-3H3. The summed E-state index contributed by atoms with van der Waals surface area (Å²) in [6.45, 7) is 7.92. The molecule has 0 amide bonds. The Bertz CT molecular complexity index is 467. The van der Waals surface area contributed by atoms with E-state index in [0.717, 1.165) is 18.8 Å². The molecule has 0 bridgehead atoms. The quantitative estimate of drug-likeness (QED) is 0.901. The van der Waals surface area contributed by atoms with Gasteiger partial charge in [0.05, 0.1) is 0 Å². The van der Waals surface area contributed by atoms with Crippen LogP contribution in [0.25, 0.3) is 0 Å². The lowest BCUT2D eigenvalue weighted by molar-refractivity contribution is 0.451. The lowest BCUT2D eigenvalue weighted by atomic mass is 9.92.